The van der Waals surface area contributed by atoms with Crippen molar-refractivity contribution in [2.24, 2.45) is 5.92 Å². The van der Waals surface area contributed by atoms with Crippen molar-refractivity contribution in [1.29, 1.82) is 0 Å². The average Bonchev–Trinajstić information content (AvgIpc) is 2.79. The van der Waals surface area contributed by atoms with Crippen LogP contribution in [0.2, 0.25) is 5.15 Å². The van der Waals surface area contributed by atoms with Gasteiger partial charge in [0.05, 0.1) is 18.4 Å². The molecule has 0 bridgehead atoms. The van der Waals surface area contributed by atoms with Crippen LogP contribution in [0.1, 0.15) is 49.4 Å². The monoisotopic (exact) mass is 224 g/mol. The number of ether oxygens (including phenoxy) is 1. The fraction of sp³-hybridized carbons (Fsp3) is 0.636. The molecule has 4 heteroatoms. The number of hydrogen-bond acceptors (Lipinski definition) is 3. The second kappa shape index (κ2) is 3.16. The molecule has 1 aromatic heterocycles. The summed E-state index contributed by atoms with van der Waals surface area (Å²) in [6.07, 6.45) is 1.23. The van der Waals surface area contributed by atoms with E-state index in [1.54, 1.807) is 0 Å². The number of fused-ring (bicyclic) bond motifs is 1. The molecule has 1 aliphatic heterocycles. The van der Waals surface area contributed by atoms with E-state index in [1.165, 1.54) is 6.42 Å². The Hall–Kier alpha value is -0.670. The first-order chi connectivity index (χ1) is 7.16. The van der Waals surface area contributed by atoms with Gasteiger partial charge in [0.25, 0.3) is 0 Å². The van der Waals surface area contributed by atoms with E-state index in [4.69, 9.17) is 16.3 Å². The molecule has 2 aliphatic rings. The topological polar surface area (TPSA) is 35.0 Å². The van der Waals surface area contributed by atoms with E-state index in [-0.39, 0.29) is 6.10 Å². The van der Waals surface area contributed by atoms with E-state index >= 15 is 0 Å². The molecule has 2 heterocycles. The maximum Gasteiger partial charge on any atom is 0.138 e. The van der Waals surface area contributed by atoms with Crippen molar-refractivity contribution in [2.75, 3.05) is 0 Å². The summed E-state index contributed by atoms with van der Waals surface area (Å²) in [5.74, 6) is 2.13. The van der Waals surface area contributed by atoms with Crippen LogP contribution in [0.5, 0.6) is 0 Å². The van der Waals surface area contributed by atoms with Gasteiger partial charge in [-0.2, -0.15) is 0 Å². The number of halogens is 1. The summed E-state index contributed by atoms with van der Waals surface area (Å²) in [6, 6.07) is 0. The summed E-state index contributed by atoms with van der Waals surface area (Å²) in [5, 5.41) is 0.583. The van der Waals surface area contributed by atoms with Crippen LogP contribution in [-0.4, -0.2) is 9.97 Å². The van der Waals surface area contributed by atoms with Crippen LogP contribution < -0.4 is 0 Å². The molecule has 1 fully saturated rings. The zero-order valence-electron chi connectivity index (χ0n) is 8.83. The van der Waals surface area contributed by atoms with Gasteiger partial charge in [0.1, 0.15) is 11.0 Å². The van der Waals surface area contributed by atoms with Gasteiger partial charge in [0.2, 0.25) is 0 Å². The standard InChI is InChI=1S/C11H13ClN2O/c1-5-3-7(5)11-13-8-4-15-6(2)9(8)10(12)14-11/h5-7H,3-4H2,1-2H3. The van der Waals surface area contributed by atoms with Crippen molar-refractivity contribution in [3.63, 3.8) is 0 Å². The second-order valence-electron chi connectivity index (χ2n) is 4.51. The average molecular weight is 225 g/mol. The van der Waals surface area contributed by atoms with Crippen LogP contribution in [0.15, 0.2) is 0 Å². The lowest BCUT2D eigenvalue weighted by Gasteiger charge is -2.06. The first-order valence-electron chi connectivity index (χ1n) is 5.34. The van der Waals surface area contributed by atoms with Crippen molar-refractivity contribution >= 4 is 11.6 Å². The molecular weight excluding hydrogens is 212 g/mol. The largest absolute Gasteiger partial charge is 0.367 e. The van der Waals surface area contributed by atoms with E-state index in [0.29, 0.717) is 23.6 Å². The number of hydrogen-bond donors (Lipinski definition) is 0. The molecule has 15 heavy (non-hydrogen) atoms. The van der Waals surface area contributed by atoms with Gasteiger partial charge in [-0.15, -0.1) is 0 Å². The molecule has 1 aliphatic carbocycles. The smallest absolute Gasteiger partial charge is 0.138 e. The van der Waals surface area contributed by atoms with Gasteiger partial charge >= 0.3 is 0 Å². The van der Waals surface area contributed by atoms with Gasteiger partial charge in [0.15, 0.2) is 0 Å². The Morgan fingerprint density at radius 1 is 1.33 bits per heavy atom. The van der Waals surface area contributed by atoms with E-state index in [0.717, 1.165) is 17.1 Å². The van der Waals surface area contributed by atoms with Crippen LogP contribution in [0.3, 0.4) is 0 Å². The van der Waals surface area contributed by atoms with Crippen LogP contribution in [-0.2, 0) is 11.3 Å². The third-order valence-corrected chi connectivity index (χ3v) is 3.60. The van der Waals surface area contributed by atoms with Crippen molar-refractivity contribution in [3.8, 4) is 0 Å². The second-order valence-corrected chi connectivity index (χ2v) is 4.86. The van der Waals surface area contributed by atoms with Crippen LogP contribution in [0, 0.1) is 5.92 Å². The third kappa shape index (κ3) is 1.45. The molecule has 3 nitrogen and oxygen atoms in total. The highest BCUT2D eigenvalue weighted by molar-refractivity contribution is 6.30. The lowest BCUT2D eigenvalue weighted by molar-refractivity contribution is 0.0786. The Morgan fingerprint density at radius 2 is 2.07 bits per heavy atom. The SMILES string of the molecule is CC1OCc2nc(C3CC3C)nc(Cl)c21. The Bertz CT molecular complexity index is 421. The van der Waals surface area contributed by atoms with Crippen LogP contribution in [0.25, 0.3) is 0 Å². The van der Waals surface area contributed by atoms with Crippen LogP contribution in [0.4, 0.5) is 0 Å². The summed E-state index contributed by atoms with van der Waals surface area (Å²) >= 11 is 6.16. The lowest BCUT2D eigenvalue weighted by atomic mass is 10.2. The number of rotatable bonds is 1. The molecule has 80 valence electrons. The Kier molecular flexibility index (Phi) is 2.01. The summed E-state index contributed by atoms with van der Waals surface area (Å²) < 4.78 is 5.50. The minimum atomic E-state index is 0.0400. The third-order valence-electron chi connectivity index (χ3n) is 3.31. The summed E-state index contributed by atoms with van der Waals surface area (Å²) in [4.78, 5) is 8.94. The highest BCUT2D eigenvalue weighted by Crippen LogP contribution is 2.46. The lowest BCUT2D eigenvalue weighted by Crippen LogP contribution is -2.01. The number of nitrogens with zero attached hydrogens (tertiary/aromatic N) is 2. The van der Waals surface area contributed by atoms with Crippen molar-refractivity contribution in [3.05, 3.63) is 22.2 Å². The maximum atomic E-state index is 6.16. The van der Waals surface area contributed by atoms with E-state index in [1.807, 2.05) is 6.92 Å². The van der Waals surface area contributed by atoms with E-state index in [9.17, 15) is 0 Å². The molecule has 0 radical (unpaired) electrons. The molecule has 0 spiro atoms. The van der Waals surface area contributed by atoms with E-state index < -0.39 is 0 Å². The zero-order chi connectivity index (χ0) is 10.6. The Labute approximate surface area is 93.8 Å². The molecule has 0 aromatic carbocycles. The first kappa shape index (κ1) is 9.55. The van der Waals surface area contributed by atoms with Crippen molar-refractivity contribution in [1.82, 2.24) is 9.97 Å². The van der Waals surface area contributed by atoms with Gasteiger partial charge in [-0.25, -0.2) is 9.97 Å². The Balaban J connectivity index is 2.04. The molecule has 0 amide bonds. The number of aromatic nitrogens is 2. The molecule has 3 rings (SSSR count). The summed E-state index contributed by atoms with van der Waals surface area (Å²) in [5.41, 5.74) is 1.96. The molecule has 1 aromatic rings. The molecule has 3 unspecified atom stereocenters. The predicted octanol–water partition coefficient (Wildman–Crippen LogP) is 2.84. The fourth-order valence-electron chi connectivity index (χ4n) is 2.15. The molecule has 0 saturated heterocycles. The fourth-order valence-corrected chi connectivity index (χ4v) is 2.50. The van der Waals surface area contributed by atoms with Crippen LogP contribution >= 0.6 is 11.6 Å². The normalized spacial score (nSPS) is 32.9. The van der Waals surface area contributed by atoms with E-state index in [2.05, 4.69) is 16.9 Å². The molecular formula is C11H13ClN2O. The first-order valence-corrected chi connectivity index (χ1v) is 5.72. The summed E-state index contributed by atoms with van der Waals surface area (Å²) in [6.45, 7) is 4.78. The Morgan fingerprint density at radius 3 is 2.73 bits per heavy atom. The maximum absolute atomic E-state index is 6.16. The molecule has 1 saturated carbocycles. The highest BCUT2D eigenvalue weighted by Gasteiger charge is 2.38. The van der Waals surface area contributed by atoms with Crippen molar-refractivity contribution < 1.29 is 4.74 Å². The van der Waals surface area contributed by atoms with Gasteiger partial charge in [-0.05, 0) is 19.3 Å². The predicted molar refractivity (Wildman–Crippen MR) is 56.8 cm³/mol. The minimum Gasteiger partial charge on any atom is -0.367 e. The zero-order valence-corrected chi connectivity index (χ0v) is 9.58. The molecule has 3 atom stereocenters. The summed E-state index contributed by atoms with van der Waals surface area (Å²) in [7, 11) is 0. The quantitative estimate of drug-likeness (QED) is 0.688. The van der Waals surface area contributed by atoms with Gasteiger partial charge in [-0.3, -0.25) is 0 Å². The molecule has 0 N–H and O–H groups in total. The minimum absolute atomic E-state index is 0.0400. The van der Waals surface area contributed by atoms with Gasteiger partial charge < -0.3 is 4.74 Å². The van der Waals surface area contributed by atoms with Gasteiger partial charge in [-0.1, -0.05) is 18.5 Å². The van der Waals surface area contributed by atoms with Crippen molar-refractivity contribution in [2.45, 2.75) is 38.9 Å². The van der Waals surface area contributed by atoms with Gasteiger partial charge in [0, 0.05) is 11.5 Å². The highest BCUT2D eigenvalue weighted by atomic mass is 35.5.